The predicted molar refractivity (Wildman–Crippen MR) is 113 cm³/mol. The Labute approximate surface area is 180 Å². The predicted octanol–water partition coefficient (Wildman–Crippen LogP) is 2.59. The number of hydrogen-bond donors (Lipinski definition) is 1. The van der Waals surface area contributed by atoms with E-state index in [4.69, 9.17) is 9.47 Å². The van der Waals surface area contributed by atoms with Crippen LogP contribution in [0.25, 0.3) is 5.76 Å². The summed E-state index contributed by atoms with van der Waals surface area (Å²) in [6.07, 6.45) is 1.49. The molecule has 3 rings (SSSR count). The first-order chi connectivity index (χ1) is 14.5. The number of amides is 1. The molecule has 164 valence electrons. The number of rotatable bonds is 5. The number of ether oxygens (including phenoxy) is 2. The molecule has 0 atom stereocenters. The summed E-state index contributed by atoms with van der Waals surface area (Å²) in [7, 11) is -2.75. The van der Waals surface area contributed by atoms with Gasteiger partial charge in [-0.3, -0.25) is 13.9 Å². The van der Waals surface area contributed by atoms with Crippen molar-refractivity contribution in [2.75, 3.05) is 19.2 Å². The number of aromatic nitrogens is 1. The van der Waals surface area contributed by atoms with Crippen molar-refractivity contribution in [3.8, 4) is 0 Å². The average molecular weight is 445 g/mol. The maximum Gasteiger partial charge on any atom is 0.314 e. The molecule has 1 aromatic heterocycles. The van der Waals surface area contributed by atoms with Crippen LogP contribution in [0.1, 0.15) is 26.3 Å². The van der Waals surface area contributed by atoms with E-state index in [1.54, 1.807) is 51.1 Å². The van der Waals surface area contributed by atoms with E-state index in [0.717, 1.165) is 4.31 Å². The summed E-state index contributed by atoms with van der Waals surface area (Å²) in [4.78, 5) is 29.1. The highest BCUT2D eigenvalue weighted by molar-refractivity contribution is 7.89. The van der Waals surface area contributed by atoms with Gasteiger partial charge >= 0.3 is 5.97 Å². The molecule has 2 heterocycles. The molecule has 0 unspecified atom stereocenters. The number of esters is 1. The van der Waals surface area contributed by atoms with Crippen molar-refractivity contribution in [2.45, 2.75) is 25.7 Å². The number of carbonyl (C=O) groups excluding carboxylic acids is 2. The number of hydrogen-bond acceptors (Lipinski definition) is 7. The van der Waals surface area contributed by atoms with Crippen molar-refractivity contribution < 1.29 is 27.5 Å². The first-order valence-electron chi connectivity index (χ1n) is 9.38. The van der Waals surface area contributed by atoms with Crippen molar-refractivity contribution >= 4 is 33.5 Å². The third kappa shape index (κ3) is 4.53. The van der Waals surface area contributed by atoms with Crippen LogP contribution in [0.15, 0.2) is 59.3 Å². The topological polar surface area (TPSA) is 115 Å². The first-order valence-corrected chi connectivity index (χ1v) is 10.8. The Hall–Kier alpha value is -3.40. The smallest absolute Gasteiger partial charge is 0.314 e. The Morgan fingerprint density at radius 3 is 2.42 bits per heavy atom. The van der Waals surface area contributed by atoms with Crippen LogP contribution in [-0.2, 0) is 29.1 Å². The lowest BCUT2D eigenvalue weighted by Crippen LogP contribution is -2.38. The molecule has 0 aliphatic carbocycles. The zero-order chi connectivity index (χ0) is 22.8. The van der Waals surface area contributed by atoms with Gasteiger partial charge in [0.2, 0.25) is 6.79 Å². The quantitative estimate of drug-likeness (QED) is 0.556. The van der Waals surface area contributed by atoms with E-state index in [1.165, 1.54) is 25.4 Å². The van der Waals surface area contributed by atoms with Gasteiger partial charge in [0.15, 0.2) is 11.5 Å². The van der Waals surface area contributed by atoms with Gasteiger partial charge in [0.1, 0.15) is 5.82 Å². The summed E-state index contributed by atoms with van der Waals surface area (Å²) in [5.74, 6) is -1.03. The molecule has 0 spiro atoms. The molecule has 9 nitrogen and oxygen atoms in total. The highest BCUT2D eigenvalue weighted by Crippen LogP contribution is 2.37. The van der Waals surface area contributed by atoms with Crippen LogP contribution in [-0.4, -0.2) is 43.4 Å². The number of sulfonamides is 1. The fourth-order valence-corrected chi connectivity index (χ4v) is 4.17. The van der Waals surface area contributed by atoms with Crippen LogP contribution in [0.4, 0.5) is 5.82 Å². The zero-order valence-corrected chi connectivity index (χ0v) is 18.4. The molecule has 0 fully saturated rings. The van der Waals surface area contributed by atoms with Crippen molar-refractivity contribution in [2.24, 2.45) is 5.41 Å². The molecule has 2 aromatic rings. The number of likely N-dealkylation sites (N-methyl/N-ethyl adjacent to an activating group) is 1. The van der Waals surface area contributed by atoms with Crippen LogP contribution in [0.5, 0.6) is 0 Å². The third-order valence-corrected chi connectivity index (χ3v) is 6.24. The highest BCUT2D eigenvalue weighted by atomic mass is 32.2. The van der Waals surface area contributed by atoms with Crippen molar-refractivity contribution in [3.63, 3.8) is 0 Å². The molecule has 1 aliphatic rings. The lowest BCUT2D eigenvalue weighted by Gasteiger charge is -2.30. The summed E-state index contributed by atoms with van der Waals surface area (Å²) in [5, 5.41) is 2.56. The molecule has 1 aromatic carbocycles. The van der Waals surface area contributed by atoms with Crippen LogP contribution in [0.3, 0.4) is 0 Å². The van der Waals surface area contributed by atoms with Crippen molar-refractivity contribution in [1.82, 2.24) is 9.29 Å². The van der Waals surface area contributed by atoms with Crippen LogP contribution in [0, 0.1) is 5.41 Å². The van der Waals surface area contributed by atoms with Crippen LogP contribution >= 0.6 is 0 Å². The Morgan fingerprint density at radius 2 is 1.77 bits per heavy atom. The second-order valence-electron chi connectivity index (χ2n) is 7.76. The minimum atomic E-state index is -4.00. The molecule has 31 heavy (non-hydrogen) atoms. The van der Waals surface area contributed by atoms with E-state index in [0.29, 0.717) is 0 Å². The normalized spacial score (nSPS) is 15.2. The maximum atomic E-state index is 13.0. The second-order valence-corrected chi connectivity index (χ2v) is 9.70. The van der Waals surface area contributed by atoms with Gasteiger partial charge in [-0.25, -0.2) is 13.4 Å². The molecule has 1 N–H and O–H groups in total. The molecule has 1 amide bonds. The average Bonchev–Trinajstić information content (AvgIpc) is 2.72. The van der Waals surface area contributed by atoms with E-state index in [2.05, 4.69) is 10.3 Å². The second kappa shape index (κ2) is 8.38. The number of benzene rings is 1. The van der Waals surface area contributed by atoms with Gasteiger partial charge in [0, 0.05) is 18.8 Å². The summed E-state index contributed by atoms with van der Waals surface area (Å²) in [6, 6.07) is 11.1. The third-order valence-electron chi connectivity index (χ3n) is 4.43. The molecular weight excluding hydrogens is 422 g/mol. The molecule has 0 bridgehead atoms. The monoisotopic (exact) mass is 445 g/mol. The molecule has 0 saturated heterocycles. The fourth-order valence-electron chi connectivity index (χ4n) is 2.78. The highest BCUT2D eigenvalue weighted by Gasteiger charge is 2.39. The fraction of sp³-hybridized carbons (Fsp3) is 0.286. The Bertz CT molecular complexity index is 1140. The number of pyridine rings is 1. The standard InChI is InChI=1S/C21H23N3O6S/c1-21(2,3)20(26)30-13-29-18-14-9-5-6-10-15(14)31(27,28)24(4)17(18)19(25)23-16-11-7-8-12-22-16/h5-12H,13H2,1-4H3,(H,22,23,25). The van der Waals surface area contributed by atoms with Gasteiger partial charge in [0.25, 0.3) is 15.9 Å². The summed E-state index contributed by atoms with van der Waals surface area (Å²) in [5.41, 5.74) is -0.809. The van der Waals surface area contributed by atoms with Crippen LogP contribution < -0.4 is 5.32 Å². The number of nitrogens with zero attached hydrogens (tertiary/aromatic N) is 2. The number of nitrogens with one attached hydrogen (secondary N) is 1. The van der Waals surface area contributed by atoms with Gasteiger partial charge in [0.05, 0.1) is 10.3 Å². The summed E-state index contributed by atoms with van der Waals surface area (Å²) in [6.45, 7) is 4.58. The van der Waals surface area contributed by atoms with E-state index in [1.807, 2.05) is 0 Å². The lowest BCUT2D eigenvalue weighted by atomic mass is 9.98. The Balaban J connectivity index is 2.02. The minimum absolute atomic E-state index is 0.0240. The van der Waals surface area contributed by atoms with Gasteiger partial charge in [-0.15, -0.1) is 0 Å². The van der Waals surface area contributed by atoms with Gasteiger partial charge in [-0.2, -0.15) is 0 Å². The molecule has 0 saturated carbocycles. The van der Waals surface area contributed by atoms with Crippen LogP contribution in [0.2, 0.25) is 0 Å². The van der Waals surface area contributed by atoms with E-state index in [-0.39, 0.29) is 27.7 Å². The lowest BCUT2D eigenvalue weighted by molar-refractivity contribution is -0.161. The van der Waals surface area contributed by atoms with E-state index in [9.17, 15) is 18.0 Å². The number of fused-ring (bicyclic) bond motifs is 1. The van der Waals surface area contributed by atoms with Gasteiger partial charge in [-0.05, 0) is 45.0 Å². The number of carbonyl (C=O) groups is 2. The Kier molecular flexibility index (Phi) is 6.03. The van der Waals surface area contributed by atoms with Gasteiger partial charge in [-0.1, -0.05) is 18.2 Å². The maximum absolute atomic E-state index is 13.0. The zero-order valence-electron chi connectivity index (χ0n) is 17.6. The van der Waals surface area contributed by atoms with E-state index >= 15 is 0 Å². The molecule has 0 radical (unpaired) electrons. The van der Waals surface area contributed by atoms with Crippen molar-refractivity contribution in [1.29, 1.82) is 0 Å². The minimum Gasteiger partial charge on any atom is -0.454 e. The summed E-state index contributed by atoms with van der Waals surface area (Å²) < 4.78 is 37.6. The molecule has 10 heteroatoms. The van der Waals surface area contributed by atoms with E-state index < -0.39 is 34.1 Å². The number of anilines is 1. The first kappa shape index (κ1) is 22.3. The van der Waals surface area contributed by atoms with Gasteiger partial charge < -0.3 is 14.8 Å². The Morgan fingerprint density at radius 1 is 1.10 bits per heavy atom. The largest absolute Gasteiger partial charge is 0.454 e. The summed E-state index contributed by atoms with van der Waals surface area (Å²) >= 11 is 0. The van der Waals surface area contributed by atoms with Crippen molar-refractivity contribution in [3.05, 3.63) is 59.9 Å². The molecule has 1 aliphatic heterocycles. The molecular formula is C21H23N3O6S. The SMILES string of the molecule is CN1C(C(=O)Nc2ccccn2)=C(OCOC(=O)C(C)(C)C)c2ccccc2S1(=O)=O.